The lowest BCUT2D eigenvalue weighted by Gasteiger charge is -2.05. The van der Waals surface area contributed by atoms with E-state index >= 15 is 0 Å². The molecule has 0 spiro atoms. The molecule has 0 fully saturated rings. The molecule has 1 heterocycles. The molecule has 0 bridgehead atoms. The first-order chi connectivity index (χ1) is 14.3. The van der Waals surface area contributed by atoms with Gasteiger partial charge in [-0.2, -0.15) is 5.10 Å². The molecule has 3 aromatic rings. The average molecular weight is 412 g/mol. The number of phenols is 1. The van der Waals surface area contributed by atoms with Gasteiger partial charge in [-0.05, 0) is 26.0 Å². The van der Waals surface area contributed by atoms with Crippen LogP contribution in [0.25, 0.3) is 11.0 Å². The van der Waals surface area contributed by atoms with Gasteiger partial charge in [0.05, 0.1) is 33.0 Å². The summed E-state index contributed by atoms with van der Waals surface area (Å²) in [5, 5.41) is 43.8. The predicted molar refractivity (Wildman–Crippen MR) is 108 cm³/mol. The number of nitro groups is 2. The number of para-hydroxylation sites is 2. The van der Waals surface area contributed by atoms with Gasteiger partial charge in [0.25, 0.3) is 11.6 Å². The number of azo groups is 1. The number of aromatic hydroxyl groups is 1. The van der Waals surface area contributed by atoms with E-state index in [0.717, 1.165) is 23.2 Å². The van der Waals surface area contributed by atoms with E-state index in [0.29, 0.717) is 12.5 Å². The van der Waals surface area contributed by atoms with Crippen LogP contribution in [-0.2, 0) is 6.54 Å². The molecule has 2 N–H and O–H groups in total. The van der Waals surface area contributed by atoms with Gasteiger partial charge in [0, 0.05) is 6.54 Å². The van der Waals surface area contributed by atoms with Gasteiger partial charge in [-0.1, -0.05) is 12.1 Å². The molecule has 13 nitrogen and oxygen atoms in total. The van der Waals surface area contributed by atoms with Gasteiger partial charge in [-0.3, -0.25) is 25.7 Å². The van der Waals surface area contributed by atoms with E-state index < -0.39 is 32.7 Å². The number of aromatic nitrogens is 2. The quantitative estimate of drug-likeness (QED) is 0.153. The molecule has 0 saturated heterocycles. The Labute approximate surface area is 168 Å². The molecule has 2 aromatic carbocycles. The van der Waals surface area contributed by atoms with Crippen LogP contribution >= 0.6 is 0 Å². The van der Waals surface area contributed by atoms with Gasteiger partial charge >= 0.3 is 5.69 Å². The zero-order valence-electron chi connectivity index (χ0n) is 15.9. The number of imidazole rings is 1. The summed E-state index contributed by atoms with van der Waals surface area (Å²) in [5.74, 6) is -0.258. The number of amidine groups is 1. The molecule has 1 aromatic heterocycles. The molecule has 13 heteroatoms. The molecule has 0 aliphatic rings. The molecular formula is C17H16N8O5. The number of nitrogens with one attached hydrogen (secondary N) is 1. The summed E-state index contributed by atoms with van der Waals surface area (Å²) in [5.41, 5.74) is 2.24. The Hall–Kier alpha value is -4.42. The van der Waals surface area contributed by atoms with Crippen LogP contribution < -0.4 is 5.43 Å². The summed E-state index contributed by atoms with van der Waals surface area (Å²) in [6.07, 6.45) is 0. The van der Waals surface area contributed by atoms with Crippen molar-refractivity contribution >= 4 is 39.9 Å². The minimum Gasteiger partial charge on any atom is -0.505 e. The number of aryl methyl sites for hydroxylation is 1. The van der Waals surface area contributed by atoms with E-state index in [1.165, 1.54) is 6.92 Å². The van der Waals surface area contributed by atoms with Gasteiger partial charge in [-0.15, -0.1) is 10.2 Å². The second kappa shape index (κ2) is 8.30. The van der Waals surface area contributed by atoms with Crippen LogP contribution in [0.2, 0.25) is 0 Å². The fourth-order valence-corrected chi connectivity index (χ4v) is 2.69. The van der Waals surface area contributed by atoms with Crippen molar-refractivity contribution in [1.29, 1.82) is 0 Å². The minimum absolute atomic E-state index is 0.0803. The molecule has 0 aliphatic carbocycles. The first-order valence-electron chi connectivity index (χ1n) is 8.65. The summed E-state index contributed by atoms with van der Waals surface area (Å²) >= 11 is 0. The lowest BCUT2D eigenvalue weighted by atomic mass is 10.2. The van der Waals surface area contributed by atoms with E-state index in [9.17, 15) is 25.3 Å². The summed E-state index contributed by atoms with van der Waals surface area (Å²) in [4.78, 5) is 24.7. The molecule has 0 saturated carbocycles. The molecular weight excluding hydrogens is 396 g/mol. The highest BCUT2D eigenvalue weighted by Crippen LogP contribution is 2.37. The fraction of sp³-hybridized carbons (Fsp3) is 0.176. The topological polar surface area (TPSA) is 173 Å². The normalized spacial score (nSPS) is 11.9. The Kier molecular flexibility index (Phi) is 5.62. The molecule has 0 aliphatic heterocycles. The number of fused-ring (bicyclic) bond motifs is 1. The third-order valence-corrected chi connectivity index (χ3v) is 4.05. The van der Waals surface area contributed by atoms with Crippen LogP contribution in [0.1, 0.15) is 13.8 Å². The summed E-state index contributed by atoms with van der Waals surface area (Å²) in [7, 11) is 0. The van der Waals surface area contributed by atoms with Crippen LogP contribution in [-0.4, -0.2) is 30.3 Å². The number of hydrazone groups is 1. The second-order valence-corrected chi connectivity index (χ2v) is 5.99. The Bertz CT molecular complexity index is 1200. The maximum Gasteiger partial charge on any atom is 0.304 e. The van der Waals surface area contributed by atoms with Gasteiger partial charge < -0.3 is 9.67 Å². The van der Waals surface area contributed by atoms with Crippen molar-refractivity contribution in [3.05, 3.63) is 56.6 Å². The van der Waals surface area contributed by atoms with Crippen LogP contribution in [0, 0.1) is 20.2 Å². The monoisotopic (exact) mass is 412 g/mol. The maximum absolute atomic E-state index is 11.2. The smallest absolute Gasteiger partial charge is 0.304 e. The summed E-state index contributed by atoms with van der Waals surface area (Å²) in [6.45, 7) is 4.03. The molecule has 0 unspecified atom stereocenters. The predicted octanol–water partition coefficient (Wildman–Crippen LogP) is 4.11. The van der Waals surface area contributed by atoms with Crippen molar-refractivity contribution in [2.75, 3.05) is 5.43 Å². The lowest BCUT2D eigenvalue weighted by molar-refractivity contribution is -0.393. The van der Waals surface area contributed by atoms with Crippen molar-refractivity contribution in [3.8, 4) is 5.75 Å². The third-order valence-electron chi connectivity index (χ3n) is 4.05. The number of rotatable bonds is 6. The Morgan fingerprint density at radius 3 is 2.63 bits per heavy atom. The van der Waals surface area contributed by atoms with Crippen molar-refractivity contribution < 1.29 is 15.0 Å². The highest BCUT2D eigenvalue weighted by molar-refractivity contribution is 5.83. The van der Waals surface area contributed by atoms with Crippen LogP contribution in [0.4, 0.5) is 23.0 Å². The maximum atomic E-state index is 11.2. The zero-order chi connectivity index (χ0) is 21.8. The largest absolute Gasteiger partial charge is 0.505 e. The molecule has 0 amide bonds. The first-order valence-corrected chi connectivity index (χ1v) is 8.65. The number of nitro benzene ring substituents is 2. The number of anilines is 1. The van der Waals surface area contributed by atoms with Crippen molar-refractivity contribution in [2.24, 2.45) is 15.3 Å². The van der Waals surface area contributed by atoms with Crippen molar-refractivity contribution in [2.45, 2.75) is 20.4 Å². The Morgan fingerprint density at radius 1 is 1.23 bits per heavy atom. The van der Waals surface area contributed by atoms with Crippen molar-refractivity contribution in [1.82, 2.24) is 9.55 Å². The zero-order valence-corrected chi connectivity index (χ0v) is 15.9. The van der Waals surface area contributed by atoms with E-state index in [2.05, 4.69) is 25.7 Å². The van der Waals surface area contributed by atoms with Gasteiger partial charge in [0.1, 0.15) is 0 Å². The second-order valence-electron chi connectivity index (χ2n) is 5.99. The number of hydrogen-bond donors (Lipinski definition) is 2. The lowest BCUT2D eigenvalue weighted by Crippen LogP contribution is -2.01. The molecule has 0 atom stereocenters. The molecule has 154 valence electrons. The standard InChI is InChI=1S/C17H16N8O5/c1-3-23-13-7-5-4-6-12(13)18-17(23)22-20-10(2)19-21-16-14(25(29)30)8-11(24(27)28)9-15(16)26/h4-9,21,26H,3H2,1-2H3. The van der Waals surface area contributed by atoms with Gasteiger partial charge in [-0.25, -0.2) is 4.98 Å². The fourth-order valence-electron chi connectivity index (χ4n) is 2.69. The van der Waals surface area contributed by atoms with E-state index in [4.69, 9.17) is 0 Å². The van der Waals surface area contributed by atoms with E-state index in [1.54, 1.807) is 0 Å². The average Bonchev–Trinajstić information content (AvgIpc) is 3.08. The number of non-ortho nitro benzene ring substituents is 1. The summed E-state index contributed by atoms with van der Waals surface area (Å²) in [6, 6.07) is 9.00. The SMILES string of the molecule is CCn1c(N=NC(C)=NNc2c(O)cc([N+](=O)[O-])cc2[N+](=O)[O-])nc2ccccc21. The van der Waals surface area contributed by atoms with Crippen LogP contribution in [0.15, 0.2) is 51.7 Å². The number of nitrogens with zero attached hydrogens (tertiary/aromatic N) is 7. The third kappa shape index (κ3) is 4.04. The molecule has 3 rings (SSSR count). The van der Waals surface area contributed by atoms with Crippen molar-refractivity contribution in [3.63, 3.8) is 0 Å². The van der Waals surface area contributed by atoms with Crippen LogP contribution in [0.3, 0.4) is 0 Å². The Balaban J connectivity index is 1.87. The Morgan fingerprint density at radius 2 is 1.97 bits per heavy atom. The molecule has 30 heavy (non-hydrogen) atoms. The van der Waals surface area contributed by atoms with Gasteiger partial charge in [0.2, 0.25) is 0 Å². The van der Waals surface area contributed by atoms with Crippen LogP contribution in [0.5, 0.6) is 5.75 Å². The van der Waals surface area contributed by atoms with E-state index in [1.807, 2.05) is 35.8 Å². The number of phenolic OH excluding ortho intramolecular Hbond substituents is 1. The highest BCUT2D eigenvalue weighted by atomic mass is 16.6. The number of hydrogen-bond acceptors (Lipinski definition) is 9. The van der Waals surface area contributed by atoms with Gasteiger partial charge in [0.15, 0.2) is 17.3 Å². The summed E-state index contributed by atoms with van der Waals surface area (Å²) < 4.78 is 1.85. The highest BCUT2D eigenvalue weighted by Gasteiger charge is 2.24. The molecule has 0 radical (unpaired) electrons. The number of benzene rings is 2. The first kappa shape index (κ1) is 20.3. The minimum atomic E-state index is -0.870. The van der Waals surface area contributed by atoms with E-state index in [-0.39, 0.29) is 5.84 Å².